The van der Waals surface area contributed by atoms with Gasteiger partial charge in [-0.1, -0.05) is 12.2 Å². The number of pyridine rings is 1. The van der Waals surface area contributed by atoms with Crippen LogP contribution < -0.4 is 0 Å². The molecule has 5 rings (SSSR count). The van der Waals surface area contributed by atoms with Crippen LogP contribution >= 0.6 is 0 Å². The largest absolute Gasteiger partial charge is 0.336 e. The first-order chi connectivity index (χ1) is 13.6. The van der Waals surface area contributed by atoms with E-state index >= 15 is 0 Å². The van der Waals surface area contributed by atoms with E-state index in [-0.39, 0.29) is 41.4 Å². The number of carbonyl (C=O) groups excluding carboxylic acids is 3. The summed E-state index contributed by atoms with van der Waals surface area (Å²) in [5, 5.41) is 0. The van der Waals surface area contributed by atoms with Gasteiger partial charge in [-0.05, 0) is 30.4 Å². The lowest BCUT2D eigenvalue weighted by Crippen LogP contribution is -2.50. The summed E-state index contributed by atoms with van der Waals surface area (Å²) in [6, 6.07) is 3.55. The molecule has 28 heavy (non-hydrogen) atoms. The zero-order chi connectivity index (χ0) is 19.3. The monoisotopic (exact) mass is 380 g/mol. The van der Waals surface area contributed by atoms with Crippen molar-refractivity contribution >= 4 is 17.7 Å². The second kappa shape index (κ2) is 6.81. The molecular weight excluding hydrogens is 356 g/mol. The quantitative estimate of drug-likeness (QED) is 0.566. The molecule has 0 aromatic carbocycles. The van der Waals surface area contributed by atoms with Gasteiger partial charge in [0.05, 0.1) is 17.4 Å². The van der Waals surface area contributed by atoms with Crippen LogP contribution in [0.1, 0.15) is 16.8 Å². The Bertz CT molecular complexity index is 801. The van der Waals surface area contributed by atoms with Gasteiger partial charge in [0.15, 0.2) is 0 Å². The molecule has 3 amide bonds. The molecule has 3 fully saturated rings. The molecule has 7 nitrogen and oxygen atoms in total. The van der Waals surface area contributed by atoms with E-state index in [2.05, 4.69) is 22.0 Å². The molecule has 3 heterocycles. The summed E-state index contributed by atoms with van der Waals surface area (Å²) in [7, 11) is 0. The lowest BCUT2D eigenvalue weighted by atomic mass is 9.85. The topological polar surface area (TPSA) is 73.8 Å². The number of carbonyl (C=O) groups is 3. The minimum Gasteiger partial charge on any atom is -0.336 e. The number of hydrogen-bond acceptors (Lipinski definition) is 5. The summed E-state index contributed by atoms with van der Waals surface area (Å²) in [6.45, 7) is 3.93. The van der Waals surface area contributed by atoms with E-state index in [0.717, 1.165) is 19.5 Å². The van der Waals surface area contributed by atoms with E-state index in [9.17, 15) is 14.4 Å². The normalized spacial score (nSPS) is 31.7. The Kier molecular flexibility index (Phi) is 4.27. The van der Waals surface area contributed by atoms with E-state index in [1.807, 2.05) is 4.90 Å². The first-order valence-corrected chi connectivity index (χ1v) is 10.1. The predicted octanol–water partition coefficient (Wildman–Crippen LogP) is 0.647. The van der Waals surface area contributed by atoms with Crippen LogP contribution in [-0.2, 0) is 9.59 Å². The summed E-state index contributed by atoms with van der Waals surface area (Å²) < 4.78 is 0. The molecule has 2 aliphatic heterocycles. The molecule has 7 heteroatoms. The number of likely N-dealkylation sites (tertiary alicyclic amines) is 1. The number of allylic oxidation sites excluding steroid dienone is 2. The minimum atomic E-state index is -0.114. The van der Waals surface area contributed by atoms with Crippen molar-refractivity contribution in [2.75, 3.05) is 39.3 Å². The van der Waals surface area contributed by atoms with Crippen molar-refractivity contribution in [2.45, 2.75) is 6.42 Å². The fourth-order valence-corrected chi connectivity index (χ4v) is 5.27. The average molecular weight is 380 g/mol. The van der Waals surface area contributed by atoms with Crippen molar-refractivity contribution < 1.29 is 14.4 Å². The second-order valence-corrected chi connectivity index (χ2v) is 8.20. The molecule has 2 bridgehead atoms. The number of aromatic nitrogens is 1. The SMILES string of the molecule is O=C(c1cccnc1)N1CCN(CCN2C(=O)[C@@H]3[C@H](C2=O)[C@H]2C=C[C@H]3C2)CC1. The average Bonchev–Trinajstić information content (AvgIpc) is 3.41. The highest BCUT2D eigenvalue weighted by Crippen LogP contribution is 2.52. The smallest absolute Gasteiger partial charge is 0.255 e. The van der Waals surface area contributed by atoms with Crippen LogP contribution in [0.3, 0.4) is 0 Å². The van der Waals surface area contributed by atoms with Gasteiger partial charge in [0.2, 0.25) is 11.8 Å². The van der Waals surface area contributed by atoms with Crippen molar-refractivity contribution in [1.29, 1.82) is 0 Å². The van der Waals surface area contributed by atoms with Gasteiger partial charge in [-0.2, -0.15) is 0 Å². The van der Waals surface area contributed by atoms with Crippen LogP contribution in [0.4, 0.5) is 0 Å². The molecule has 4 atom stereocenters. The Morgan fingerprint density at radius 1 is 1.00 bits per heavy atom. The maximum atomic E-state index is 12.8. The van der Waals surface area contributed by atoms with Crippen LogP contribution in [0.2, 0.25) is 0 Å². The van der Waals surface area contributed by atoms with Gasteiger partial charge in [-0.3, -0.25) is 29.2 Å². The number of nitrogens with zero attached hydrogens (tertiary/aromatic N) is 4. The first-order valence-electron chi connectivity index (χ1n) is 10.1. The zero-order valence-electron chi connectivity index (χ0n) is 15.7. The molecule has 0 unspecified atom stereocenters. The van der Waals surface area contributed by atoms with Crippen molar-refractivity contribution in [1.82, 2.24) is 19.7 Å². The summed E-state index contributed by atoms with van der Waals surface area (Å²) in [4.78, 5) is 47.6. The van der Waals surface area contributed by atoms with Gasteiger partial charge in [0.25, 0.3) is 5.91 Å². The van der Waals surface area contributed by atoms with Crippen molar-refractivity contribution in [3.05, 3.63) is 42.2 Å². The van der Waals surface area contributed by atoms with Crippen LogP contribution in [0.25, 0.3) is 0 Å². The molecule has 1 aromatic heterocycles. The number of fused-ring (bicyclic) bond motifs is 5. The molecule has 0 radical (unpaired) electrons. The first kappa shape index (κ1) is 17.6. The van der Waals surface area contributed by atoms with Gasteiger partial charge in [-0.15, -0.1) is 0 Å². The van der Waals surface area contributed by atoms with Crippen LogP contribution in [-0.4, -0.2) is 76.7 Å². The Morgan fingerprint density at radius 2 is 1.68 bits per heavy atom. The molecular formula is C21H24N4O3. The zero-order valence-corrected chi connectivity index (χ0v) is 15.7. The van der Waals surface area contributed by atoms with E-state index in [4.69, 9.17) is 0 Å². The molecule has 146 valence electrons. The van der Waals surface area contributed by atoms with Crippen LogP contribution in [0.15, 0.2) is 36.7 Å². The van der Waals surface area contributed by atoms with Crippen molar-refractivity contribution in [2.24, 2.45) is 23.7 Å². The maximum Gasteiger partial charge on any atom is 0.255 e. The standard InChI is InChI=1S/C21H24N4O3/c26-19(16-2-1-5-22-13-16)24-9-6-23(7-10-24)8-11-25-20(27)17-14-3-4-15(12-14)18(17)21(25)28/h1-5,13-15,17-18H,6-12H2/t14-,15-,17-,18+/m0/s1. The third-order valence-corrected chi connectivity index (χ3v) is 6.77. The van der Waals surface area contributed by atoms with E-state index in [0.29, 0.717) is 31.7 Å². The second-order valence-electron chi connectivity index (χ2n) is 8.20. The van der Waals surface area contributed by atoms with E-state index in [1.165, 1.54) is 4.90 Å². The van der Waals surface area contributed by atoms with Gasteiger partial charge >= 0.3 is 0 Å². The molecule has 1 aromatic rings. The summed E-state index contributed by atoms with van der Waals surface area (Å²) in [5.74, 6) is 0.354. The molecule has 2 saturated heterocycles. The third-order valence-electron chi connectivity index (χ3n) is 6.77. The minimum absolute atomic E-state index is 0.00782. The predicted molar refractivity (Wildman–Crippen MR) is 101 cm³/mol. The summed E-state index contributed by atoms with van der Waals surface area (Å²) >= 11 is 0. The van der Waals surface area contributed by atoms with E-state index in [1.54, 1.807) is 24.5 Å². The molecule has 2 aliphatic carbocycles. The van der Waals surface area contributed by atoms with Gasteiger partial charge in [0.1, 0.15) is 0 Å². The maximum absolute atomic E-state index is 12.8. The fourth-order valence-electron chi connectivity index (χ4n) is 5.27. The number of hydrogen-bond donors (Lipinski definition) is 0. The van der Waals surface area contributed by atoms with Crippen LogP contribution in [0.5, 0.6) is 0 Å². The van der Waals surface area contributed by atoms with Gasteiger partial charge < -0.3 is 4.90 Å². The lowest BCUT2D eigenvalue weighted by Gasteiger charge is -2.35. The molecule has 0 spiro atoms. The van der Waals surface area contributed by atoms with Gasteiger partial charge in [0, 0.05) is 51.7 Å². The number of rotatable bonds is 4. The highest BCUT2D eigenvalue weighted by molar-refractivity contribution is 6.06. The highest BCUT2D eigenvalue weighted by Gasteiger charge is 2.59. The van der Waals surface area contributed by atoms with Crippen molar-refractivity contribution in [3.8, 4) is 0 Å². The Morgan fingerprint density at radius 3 is 2.29 bits per heavy atom. The number of amides is 3. The van der Waals surface area contributed by atoms with Crippen molar-refractivity contribution in [3.63, 3.8) is 0 Å². The highest BCUT2D eigenvalue weighted by atomic mass is 16.2. The third kappa shape index (κ3) is 2.76. The van der Waals surface area contributed by atoms with Crippen LogP contribution in [0, 0.1) is 23.7 Å². The summed E-state index contributed by atoms with van der Waals surface area (Å²) in [5.41, 5.74) is 0.610. The Balaban J connectivity index is 1.14. The molecule has 1 saturated carbocycles. The van der Waals surface area contributed by atoms with E-state index < -0.39 is 0 Å². The fraction of sp³-hybridized carbons (Fsp3) is 0.524. The molecule has 4 aliphatic rings. The lowest BCUT2D eigenvalue weighted by molar-refractivity contribution is -0.141. The number of piperazine rings is 1. The number of imide groups is 1. The van der Waals surface area contributed by atoms with Gasteiger partial charge in [-0.25, -0.2) is 0 Å². The molecule has 0 N–H and O–H groups in total. The Labute approximate surface area is 164 Å². The Hall–Kier alpha value is -2.54. The summed E-state index contributed by atoms with van der Waals surface area (Å²) in [6.07, 6.45) is 8.47.